The average molecular weight is 278 g/mol. The third-order valence-corrected chi connectivity index (χ3v) is 3.90. The minimum Gasteiger partial charge on any atom is -0.361 e. The Morgan fingerprint density at radius 2 is 2.10 bits per heavy atom. The van der Waals surface area contributed by atoms with Gasteiger partial charge in [-0.2, -0.15) is 0 Å². The van der Waals surface area contributed by atoms with Crippen LogP contribution in [-0.2, 0) is 9.47 Å². The van der Waals surface area contributed by atoms with E-state index in [9.17, 15) is 10.1 Å². The van der Waals surface area contributed by atoms with Gasteiger partial charge in [0.1, 0.15) is 5.69 Å². The van der Waals surface area contributed by atoms with Crippen molar-refractivity contribution in [2.75, 3.05) is 31.2 Å². The molecule has 2 aliphatic heterocycles. The number of benzene rings is 1. The molecule has 1 aromatic rings. The summed E-state index contributed by atoms with van der Waals surface area (Å²) in [4.78, 5) is 12.9. The van der Waals surface area contributed by atoms with Crippen LogP contribution in [0.1, 0.15) is 18.4 Å². The Bertz CT molecular complexity index is 526. The first-order valence-corrected chi connectivity index (χ1v) is 6.88. The maximum absolute atomic E-state index is 11.2. The number of hydrogen-bond acceptors (Lipinski definition) is 5. The van der Waals surface area contributed by atoms with Gasteiger partial charge in [-0.3, -0.25) is 10.1 Å². The van der Waals surface area contributed by atoms with Crippen molar-refractivity contribution in [2.45, 2.75) is 25.6 Å². The summed E-state index contributed by atoms with van der Waals surface area (Å²) in [5.41, 5.74) is 1.82. The molecule has 2 heterocycles. The summed E-state index contributed by atoms with van der Waals surface area (Å²) >= 11 is 0. The third kappa shape index (κ3) is 2.36. The van der Waals surface area contributed by atoms with Gasteiger partial charge in [-0.05, 0) is 25.0 Å². The summed E-state index contributed by atoms with van der Waals surface area (Å²) in [6, 6.07) is 5.21. The van der Waals surface area contributed by atoms with Crippen molar-refractivity contribution in [3.05, 3.63) is 33.9 Å². The van der Waals surface area contributed by atoms with E-state index in [0.29, 0.717) is 25.4 Å². The minimum absolute atomic E-state index is 0.144. The van der Waals surface area contributed by atoms with Crippen LogP contribution in [0, 0.1) is 17.0 Å². The van der Waals surface area contributed by atoms with Gasteiger partial charge in [-0.25, -0.2) is 0 Å². The number of nitro groups is 1. The van der Waals surface area contributed by atoms with Gasteiger partial charge >= 0.3 is 0 Å². The molecule has 20 heavy (non-hydrogen) atoms. The molecule has 0 aliphatic carbocycles. The van der Waals surface area contributed by atoms with Gasteiger partial charge in [0.25, 0.3) is 5.69 Å². The van der Waals surface area contributed by atoms with E-state index in [1.54, 1.807) is 12.1 Å². The first-order chi connectivity index (χ1) is 9.60. The second kappa shape index (κ2) is 5.03. The van der Waals surface area contributed by atoms with Gasteiger partial charge in [0, 0.05) is 19.0 Å². The van der Waals surface area contributed by atoms with E-state index in [2.05, 4.69) is 0 Å². The summed E-state index contributed by atoms with van der Waals surface area (Å²) in [5.74, 6) is -0.574. The van der Waals surface area contributed by atoms with Crippen molar-refractivity contribution < 1.29 is 14.4 Å². The third-order valence-electron chi connectivity index (χ3n) is 3.90. The number of nitrogens with zero attached hydrogens (tertiary/aromatic N) is 2. The number of nitro benzene ring substituents is 1. The summed E-state index contributed by atoms with van der Waals surface area (Å²) < 4.78 is 11.5. The van der Waals surface area contributed by atoms with Crippen molar-refractivity contribution in [1.29, 1.82) is 0 Å². The molecule has 0 bridgehead atoms. The molecule has 0 N–H and O–H groups in total. The first kappa shape index (κ1) is 13.3. The Kier molecular flexibility index (Phi) is 3.35. The maximum atomic E-state index is 11.2. The number of hydrogen-bond donors (Lipinski definition) is 0. The van der Waals surface area contributed by atoms with Crippen molar-refractivity contribution in [2.24, 2.45) is 0 Å². The average Bonchev–Trinajstić information content (AvgIpc) is 2.86. The predicted molar refractivity (Wildman–Crippen MR) is 73.9 cm³/mol. The lowest BCUT2D eigenvalue weighted by atomic mass is 10.0. The fourth-order valence-electron chi connectivity index (χ4n) is 2.97. The molecule has 108 valence electrons. The summed E-state index contributed by atoms with van der Waals surface area (Å²) in [7, 11) is 0. The standard InChI is InChI=1S/C14H18N2O4/c1-11-3-4-12(16(17)18)13(9-11)15-6-2-5-14(10-15)19-7-8-20-14/h3-4,9H,2,5-8,10H2,1H3. The molecule has 0 amide bonds. The van der Waals surface area contributed by atoms with Gasteiger partial charge in [-0.15, -0.1) is 0 Å². The van der Waals surface area contributed by atoms with Gasteiger partial charge in [-0.1, -0.05) is 6.07 Å². The quantitative estimate of drug-likeness (QED) is 0.613. The fourth-order valence-corrected chi connectivity index (χ4v) is 2.97. The van der Waals surface area contributed by atoms with Gasteiger partial charge in [0.15, 0.2) is 5.79 Å². The van der Waals surface area contributed by atoms with E-state index in [0.717, 1.165) is 24.9 Å². The lowest BCUT2D eigenvalue weighted by Crippen LogP contribution is -2.49. The van der Waals surface area contributed by atoms with Crippen LogP contribution in [0.2, 0.25) is 0 Å². The number of aryl methyl sites for hydroxylation is 1. The van der Waals surface area contributed by atoms with Gasteiger partial charge in [0.2, 0.25) is 0 Å². The molecule has 3 rings (SSSR count). The van der Waals surface area contributed by atoms with E-state index >= 15 is 0 Å². The lowest BCUT2D eigenvalue weighted by molar-refractivity contribution is -0.384. The highest BCUT2D eigenvalue weighted by atomic mass is 16.7. The molecular weight excluding hydrogens is 260 g/mol. The highest BCUT2D eigenvalue weighted by molar-refractivity contribution is 5.64. The molecule has 2 fully saturated rings. The predicted octanol–water partition coefficient (Wildman–Crippen LogP) is 2.25. The largest absolute Gasteiger partial charge is 0.361 e. The molecule has 0 aromatic heterocycles. The van der Waals surface area contributed by atoms with Crippen LogP contribution in [0.25, 0.3) is 0 Å². The van der Waals surface area contributed by atoms with Crippen LogP contribution >= 0.6 is 0 Å². The van der Waals surface area contributed by atoms with Gasteiger partial charge < -0.3 is 14.4 Å². The van der Waals surface area contributed by atoms with E-state index in [1.165, 1.54) is 0 Å². The summed E-state index contributed by atoms with van der Waals surface area (Å²) in [5, 5.41) is 11.2. The van der Waals surface area contributed by atoms with Crippen LogP contribution in [0.3, 0.4) is 0 Å². The molecular formula is C14H18N2O4. The Morgan fingerprint density at radius 1 is 1.35 bits per heavy atom. The number of piperidine rings is 1. The molecule has 0 unspecified atom stereocenters. The highest BCUT2D eigenvalue weighted by Gasteiger charge is 2.41. The van der Waals surface area contributed by atoms with E-state index < -0.39 is 5.79 Å². The summed E-state index contributed by atoms with van der Waals surface area (Å²) in [6.07, 6.45) is 1.76. The topological polar surface area (TPSA) is 64.8 Å². The molecule has 0 radical (unpaired) electrons. The molecule has 2 aliphatic rings. The Morgan fingerprint density at radius 3 is 2.80 bits per heavy atom. The fraction of sp³-hybridized carbons (Fsp3) is 0.571. The maximum Gasteiger partial charge on any atom is 0.292 e. The van der Waals surface area contributed by atoms with Crippen LogP contribution in [-0.4, -0.2) is 37.0 Å². The Hall–Kier alpha value is -1.66. The lowest BCUT2D eigenvalue weighted by Gasteiger charge is -2.39. The molecule has 1 spiro atoms. The van der Waals surface area contributed by atoms with Crippen LogP contribution in [0.15, 0.2) is 18.2 Å². The van der Waals surface area contributed by atoms with Crippen molar-refractivity contribution in [1.82, 2.24) is 0 Å². The number of anilines is 1. The van der Waals surface area contributed by atoms with Crippen LogP contribution in [0.5, 0.6) is 0 Å². The van der Waals surface area contributed by atoms with Crippen LogP contribution < -0.4 is 4.90 Å². The molecule has 6 heteroatoms. The number of rotatable bonds is 2. The Labute approximate surface area is 117 Å². The van der Waals surface area contributed by atoms with Gasteiger partial charge in [0.05, 0.1) is 24.7 Å². The van der Waals surface area contributed by atoms with Crippen LogP contribution in [0.4, 0.5) is 11.4 Å². The smallest absolute Gasteiger partial charge is 0.292 e. The molecule has 6 nitrogen and oxygen atoms in total. The minimum atomic E-state index is -0.574. The molecule has 1 aromatic carbocycles. The van der Waals surface area contributed by atoms with E-state index in [-0.39, 0.29) is 10.6 Å². The van der Waals surface area contributed by atoms with Crippen molar-refractivity contribution >= 4 is 11.4 Å². The molecule has 0 atom stereocenters. The van der Waals surface area contributed by atoms with E-state index in [4.69, 9.17) is 9.47 Å². The first-order valence-electron chi connectivity index (χ1n) is 6.88. The zero-order chi connectivity index (χ0) is 14.2. The SMILES string of the molecule is Cc1ccc([N+](=O)[O-])c(N2CCCC3(C2)OCCO3)c1. The monoisotopic (exact) mass is 278 g/mol. The summed E-state index contributed by atoms with van der Waals surface area (Å²) in [6.45, 7) is 4.49. The van der Waals surface area contributed by atoms with Crippen molar-refractivity contribution in [3.8, 4) is 0 Å². The number of ether oxygens (including phenoxy) is 2. The zero-order valence-corrected chi connectivity index (χ0v) is 11.5. The van der Waals surface area contributed by atoms with Crippen molar-refractivity contribution in [3.63, 3.8) is 0 Å². The zero-order valence-electron chi connectivity index (χ0n) is 11.5. The van der Waals surface area contributed by atoms with E-state index in [1.807, 2.05) is 17.9 Å². The normalized spacial score (nSPS) is 21.4. The second-order valence-electron chi connectivity index (χ2n) is 5.38. The highest BCUT2D eigenvalue weighted by Crippen LogP contribution is 2.36. The molecule has 0 saturated carbocycles. The second-order valence-corrected chi connectivity index (χ2v) is 5.38. The molecule has 2 saturated heterocycles. The Balaban J connectivity index is 1.92.